The molecule has 176 valence electrons. The van der Waals surface area contributed by atoms with Crippen LogP contribution >= 0.6 is 0 Å². The molecule has 0 saturated heterocycles. The quantitative estimate of drug-likeness (QED) is 0.152. The Morgan fingerprint density at radius 3 is 2.56 bits per heavy atom. The largest absolute Gasteiger partial charge is 0.490 e. The number of rotatable bonds is 10. The fourth-order valence-electron chi connectivity index (χ4n) is 3.04. The first-order chi connectivity index (χ1) is 14.8. The van der Waals surface area contributed by atoms with Crippen LogP contribution < -0.4 is 20.9 Å². The van der Waals surface area contributed by atoms with Gasteiger partial charge < -0.3 is 26.1 Å². The third kappa shape index (κ3) is 7.16. The van der Waals surface area contributed by atoms with Crippen LogP contribution in [0.15, 0.2) is 46.4 Å². The molecule has 0 aliphatic heterocycles. The van der Waals surface area contributed by atoms with Crippen molar-refractivity contribution < 1.29 is 27.9 Å². The van der Waals surface area contributed by atoms with Gasteiger partial charge in [-0.1, -0.05) is 17.3 Å². The fourth-order valence-corrected chi connectivity index (χ4v) is 3.57. The zero-order chi connectivity index (χ0) is 24.1. The molecule has 32 heavy (non-hydrogen) atoms. The summed E-state index contributed by atoms with van der Waals surface area (Å²) in [7, 11) is -3.98. The first-order valence-corrected chi connectivity index (χ1v) is 11.3. The van der Waals surface area contributed by atoms with Crippen molar-refractivity contribution in [1.29, 1.82) is 0 Å². The Labute approximate surface area is 186 Å². The molecule has 2 aromatic rings. The summed E-state index contributed by atoms with van der Waals surface area (Å²) in [5, 5.41) is 30.4. The molecular formula is C21H29FN4O5S. The molecule has 0 unspecified atom stereocenters. The minimum Gasteiger partial charge on any atom is -0.490 e. The number of oxime groups is 1. The maximum atomic E-state index is 14.3. The van der Waals surface area contributed by atoms with E-state index in [1.807, 2.05) is 20.8 Å². The highest BCUT2D eigenvalue weighted by Gasteiger charge is 2.22. The van der Waals surface area contributed by atoms with E-state index in [0.717, 1.165) is 11.6 Å². The van der Waals surface area contributed by atoms with Gasteiger partial charge in [-0.05, 0) is 62.6 Å². The molecule has 0 bridgehead atoms. The number of ether oxygens (including phenoxy) is 1. The summed E-state index contributed by atoms with van der Waals surface area (Å²) in [4.78, 5) is -0.292. The van der Waals surface area contributed by atoms with Crippen molar-refractivity contribution in [3.63, 3.8) is 0 Å². The maximum absolute atomic E-state index is 14.3. The van der Waals surface area contributed by atoms with Gasteiger partial charge in [-0.3, -0.25) is 0 Å². The van der Waals surface area contributed by atoms with E-state index in [9.17, 15) is 17.9 Å². The monoisotopic (exact) mass is 468 g/mol. The van der Waals surface area contributed by atoms with Crippen molar-refractivity contribution in [3.05, 3.63) is 58.9 Å². The van der Waals surface area contributed by atoms with Crippen LogP contribution in [0.2, 0.25) is 0 Å². The van der Waals surface area contributed by atoms with Crippen LogP contribution in [0.25, 0.3) is 0 Å². The fraction of sp³-hybridized carbons (Fsp3) is 0.381. The minimum atomic E-state index is -3.98. The Hall–Kier alpha value is -2.73. The van der Waals surface area contributed by atoms with E-state index < -0.39 is 27.5 Å². The number of hydrogen-bond acceptors (Lipinski definition) is 7. The number of aliphatic hydroxyl groups is 1. The van der Waals surface area contributed by atoms with Gasteiger partial charge in [0.05, 0.1) is 10.5 Å². The van der Waals surface area contributed by atoms with Crippen LogP contribution in [0, 0.1) is 12.7 Å². The van der Waals surface area contributed by atoms with E-state index in [1.54, 1.807) is 18.2 Å². The summed E-state index contributed by atoms with van der Waals surface area (Å²) in [6.07, 6.45) is -0.660. The predicted molar refractivity (Wildman–Crippen MR) is 119 cm³/mol. The molecule has 0 saturated carbocycles. The molecule has 0 aliphatic rings. The van der Waals surface area contributed by atoms with Crippen molar-refractivity contribution in [1.82, 2.24) is 5.32 Å². The molecule has 2 rings (SSSR count). The number of benzene rings is 2. The number of nitrogens with one attached hydrogen (secondary N) is 1. The standard InChI is InChI=1S/C21H29FN4O5S/c1-13-4-7-17(20(23)26-28)19(8-13)31-12-15(27)11-25-21(2,3)10-14-5-6-16(9-18(14)22)32(24,29)30/h4-9,15,25,27-28H,10-12H2,1-3H3,(H2,23,26)(H2,24,29,30)/t15-/m0/s1. The zero-order valence-electron chi connectivity index (χ0n) is 18.2. The molecule has 0 spiro atoms. The van der Waals surface area contributed by atoms with E-state index in [-0.39, 0.29) is 30.3 Å². The number of sulfonamides is 1. The molecule has 0 radical (unpaired) electrons. The van der Waals surface area contributed by atoms with E-state index in [0.29, 0.717) is 16.9 Å². The summed E-state index contributed by atoms with van der Waals surface area (Å²) < 4.78 is 42.7. The number of primary sulfonamides is 1. The average Bonchev–Trinajstić information content (AvgIpc) is 2.71. The normalized spacial score (nSPS) is 13.8. The molecule has 7 N–H and O–H groups in total. The lowest BCUT2D eigenvalue weighted by atomic mass is 9.94. The molecule has 0 heterocycles. The van der Waals surface area contributed by atoms with Gasteiger partial charge >= 0.3 is 0 Å². The Morgan fingerprint density at radius 1 is 1.28 bits per heavy atom. The van der Waals surface area contributed by atoms with Gasteiger partial charge in [0, 0.05) is 12.1 Å². The summed E-state index contributed by atoms with van der Waals surface area (Å²) >= 11 is 0. The zero-order valence-corrected chi connectivity index (χ0v) is 19.0. The number of nitrogens with two attached hydrogens (primary N) is 2. The predicted octanol–water partition coefficient (Wildman–Crippen LogP) is 1.23. The van der Waals surface area contributed by atoms with Gasteiger partial charge in [0.15, 0.2) is 5.84 Å². The van der Waals surface area contributed by atoms with Gasteiger partial charge in [0.1, 0.15) is 24.3 Å². The summed E-state index contributed by atoms with van der Waals surface area (Å²) in [5.74, 6) is -0.412. The summed E-state index contributed by atoms with van der Waals surface area (Å²) in [6, 6.07) is 8.69. The molecule has 9 nitrogen and oxygen atoms in total. The Balaban J connectivity index is 1.97. The topological polar surface area (TPSA) is 160 Å². The number of aryl methyl sites for hydroxylation is 1. The van der Waals surface area contributed by atoms with Crippen LogP contribution in [-0.2, 0) is 16.4 Å². The summed E-state index contributed by atoms with van der Waals surface area (Å²) in [5.41, 5.74) is 6.65. The first-order valence-electron chi connectivity index (χ1n) is 9.78. The van der Waals surface area contributed by atoms with Crippen LogP contribution in [0.4, 0.5) is 4.39 Å². The number of aliphatic hydroxyl groups excluding tert-OH is 1. The van der Waals surface area contributed by atoms with E-state index in [2.05, 4.69) is 10.5 Å². The first kappa shape index (κ1) is 25.5. The molecule has 1 atom stereocenters. The second kappa shape index (κ2) is 10.3. The van der Waals surface area contributed by atoms with E-state index in [1.165, 1.54) is 12.1 Å². The van der Waals surface area contributed by atoms with Crippen LogP contribution in [0.5, 0.6) is 5.75 Å². The summed E-state index contributed by atoms with van der Waals surface area (Å²) in [6.45, 7) is 5.59. The maximum Gasteiger partial charge on any atom is 0.238 e. The lowest BCUT2D eigenvalue weighted by Gasteiger charge is -2.28. The van der Waals surface area contributed by atoms with Crippen LogP contribution in [0.1, 0.15) is 30.5 Å². The third-order valence-corrected chi connectivity index (χ3v) is 5.66. The Kier molecular flexibility index (Phi) is 8.18. The van der Waals surface area contributed by atoms with Gasteiger partial charge in [-0.15, -0.1) is 0 Å². The van der Waals surface area contributed by atoms with Crippen molar-refractivity contribution in [2.45, 2.75) is 43.7 Å². The smallest absolute Gasteiger partial charge is 0.238 e. The second-order valence-electron chi connectivity index (χ2n) is 8.19. The van der Waals surface area contributed by atoms with Gasteiger partial charge in [-0.25, -0.2) is 17.9 Å². The highest BCUT2D eigenvalue weighted by molar-refractivity contribution is 7.89. The lowest BCUT2D eigenvalue weighted by molar-refractivity contribution is 0.0986. The molecule has 0 aromatic heterocycles. The molecule has 0 fully saturated rings. The SMILES string of the molecule is Cc1ccc(C(N)=NO)c(OC[C@@H](O)CNC(C)(C)Cc2ccc(S(N)(=O)=O)cc2F)c1. The highest BCUT2D eigenvalue weighted by atomic mass is 32.2. The van der Waals surface area contributed by atoms with Crippen LogP contribution in [-0.4, -0.2) is 49.4 Å². The Bertz CT molecular complexity index is 1090. The van der Waals surface area contributed by atoms with Gasteiger partial charge in [-0.2, -0.15) is 0 Å². The number of amidine groups is 1. The number of nitrogens with zero attached hydrogens (tertiary/aromatic N) is 1. The number of halogens is 1. The number of hydrogen-bond donors (Lipinski definition) is 5. The number of β-amino-alcohol motifs (C(OH)–C–C–N with tert-alkyl or cyclic N) is 1. The molecule has 0 amide bonds. The lowest BCUT2D eigenvalue weighted by Crippen LogP contribution is -2.46. The van der Waals surface area contributed by atoms with Crippen molar-refractivity contribution in [2.24, 2.45) is 16.0 Å². The average molecular weight is 469 g/mol. The van der Waals surface area contributed by atoms with Crippen molar-refractivity contribution in [3.8, 4) is 5.75 Å². The molecule has 2 aromatic carbocycles. The van der Waals surface area contributed by atoms with E-state index in [4.69, 9.17) is 20.8 Å². The minimum absolute atomic E-state index is 0.0599. The van der Waals surface area contributed by atoms with Gasteiger partial charge in [0.25, 0.3) is 0 Å². The highest BCUT2D eigenvalue weighted by Crippen LogP contribution is 2.21. The third-order valence-electron chi connectivity index (χ3n) is 4.75. The Morgan fingerprint density at radius 2 is 1.97 bits per heavy atom. The molecular weight excluding hydrogens is 439 g/mol. The van der Waals surface area contributed by atoms with Crippen LogP contribution in [0.3, 0.4) is 0 Å². The van der Waals surface area contributed by atoms with E-state index >= 15 is 0 Å². The second-order valence-corrected chi connectivity index (χ2v) is 9.75. The molecule has 11 heteroatoms. The van der Waals surface area contributed by atoms with Crippen molar-refractivity contribution in [2.75, 3.05) is 13.2 Å². The van der Waals surface area contributed by atoms with Crippen molar-refractivity contribution >= 4 is 15.9 Å². The van der Waals surface area contributed by atoms with Gasteiger partial charge in [0.2, 0.25) is 10.0 Å². The molecule has 0 aliphatic carbocycles.